The highest BCUT2D eigenvalue weighted by Crippen LogP contribution is 2.27. The van der Waals surface area contributed by atoms with Gasteiger partial charge in [0.25, 0.3) is 0 Å². The van der Waals surface area contributed by atoms with E-state index in [1.807, 2.05) is 12.1 Å². The molecule has 2 rings (SSSR count). The summed E-state index contributed by atoms with van der Waals surface area (Å²) in [7, 11) is 0. The van der Waals surface area contributed by atoms with Crippen LogP contribution >= 0.6 is 45.8 Å². The van der Waals surface area contributed by atoms with Crippen LogP contribution in [0.5, 0.6) is 0 Å². The van der Waals surface area contributed by atoms with Crippen LogP contribution in [0.3, 0.4) is 0 Å². The molecule has 0 aliphatic carbocycles. The zero-order chi connectivity index (χ0) is 13.0. The lowest BCUT2D eigenvalue weighted by Crippen LogP contribution is -2.46. The Kier molecular flexibility index (Phi) is 5.86. The fourth-order valence-corrected chi connectivity index (χ4v) is 2.83. The van der Waals surface area contributed by atoms with Crippen molar-refractivity contribution in [3.63, 3.8) is 0 Å². The number of hydrogen-bond acceptors (Lipinski definition) is 2. The van der Waals surface area contributed by atoms with Crippen LogP contribution in [-0.4, -0.2) is 42.1 Å². The van der Waals surface area contributed by atoms with Crippen LogP contribution in [0, 0.1) is 0 Å². The Balaban J connectivity index is 1.90. The minimum absolute atomic E-state index is 0.626. The topological polar surface area (TPSA) is 6.48 Å². The molecule has 0 saturated carbocycles. The van der Waals surface area contributed by atoms with Crippen LogP contribution in [0.1, 0.15) is 6.42 Å². The molecule has 0 atom stereocenters. The second-order valence-electron chi connectivity index (χ2n) is 4.47. The molecule has 0 amide bonds. The molecule has 1 aromatic rings. The van der Waals surface area contributed by atoms with E-state index < -0.39 is 0 Å². The molecule has 2 nitrogen and oxygen atoms in total. The Hall–Kier alpha value is 0.290. The summed E-state index contributed by atoms with van der Waals surface area (Å²) < 4.78 is 1.24. The lowest BCUT2D eigenvalue weighted by atomic mass is 10.2. The van der Waals surface area contributed by atoms with Gasteiger partial charge < -0.3 is 4.90 Å². The van der Waals surface area contributed by atoms with E-state index >= 15 is 0 Å². The first-order valence-corrected chi connectivity index (χ1v) is 8.47. The molecule has 1 aliphatic rings. The normalized spacial score (nSPS) is 17.2. The molecule has 0 radical (unpaired) electrons. The average molecular weight is 399 g/mol. The van der Waals surface area contributed by atoms with Gasteiger partial charge in [-0.25, -0.2) is 0 Å². The SMILES string of the molecule is Clc1ccc(N2CCN(CCCI)CC2)cc1Cl. The Morgan fingerprint density at radius 2 is 1.78 bits per heavy atom. The van der Waals surface area contributed by atoms with Crippen molar-refractivity contribution in [2.24, 2.45) is 0 Å². The van der Waals surface area contributed by atoms with Crippen LogP contribution in [0.2, 0.25) is 10.0 Å². The summed E-state index contributed by atoms with van der Waals surface area (Å²) in [4.78, 5) is 4.91. The molecule has 1 saturated heterocycles. The maximum atomic E-state index is 6.06. The van der Waals surface area contributed by atoms with E-state index in [4.69, 9.17) is 23.2 Å². The first-order chi connectivity index (χ1) is 8.70. The summed E-state index contributed by atoms with van der Waals surface area (Å²) in [5, 5.41) is 1.27. The van der Waals surface area contributed by atoms with Gasteiger partial charge >= 0.3 is 0 Å². The van der Waals surface area contributed by atoms with E-state index in [1.165, 1.54) is 23.1 Å². The van der Waals surface area contributed by atoms with Crippen LogP contribution in [0.15, 0.2) is 18.2 Å². The number of nitrogens with zero attached hydrogens (tertiary/aromatic N) is 2. The molecule has 100 valence electrons. The summed E-state index contributed by atoms with van der Waals surface area (Å²) in [6.07, 6.45) is 1.29. The predicted octanol–water partition coefficient (Wildman–Crippen LogP) is 3.94. The molecule has 1 heterocycles. The van der Waals surface area contributed by atoms with Gasteiger partial charge in [-0.1, -0.05) is 45.8 Å². The number of alkyl halides is 1. The highest BCUT2D eigenvalue weighted by atomic mass is 127. The second kappa shape index (κ2) is 7.17. The van der Waals surface area contributed by atoms with E-state index in [9.17, 15) is 0 Å². The van der Waals surface area contributed by atoms with Gasteiger partial charge in [0.2, 0.25) is 0 Å². The highest BCUT2D eigenvalue weighted by molar-refractivity contribution is 14.1. The van der Waals surface area contributed by atoms with Crippen molar-refractivity contribution >= 4 is 51.5 Å². The third kappa shape index (κ3) is 3.89. The molecule has 18 heavy (non-hydrogen) atoms. The van der Waals surface area contributed by atoms with Gasteiger partial charge in [0.15, 0.2) is 0 Å². The molecular weight excluding hydrogens is 382 g/mol. The van der Waals surface area contributed by atoms with Gasteiger partial charge in [-0.05, 0) is 31.2 Å². The monoisotopic (exact) mass is 398 g/mol. The largest absolute Gasteiger partial charge is 0.369 e. The Morgan fingerprint density at radius 1 is 1.06 bits per heavy atom. The molecule has 0 bridgehead atoms. The van der Waals surface area contributed by atoms with Crippen LogP contribution in [0.4, 0.5) is 5.69 Å². The minimum Gasteiger partial charge on any atom is -0.369 e. The molecule has 0 unspecified atom stereocenters. The maximum absolute atomic E-state index is 6.06. The first kappa shape index (κ1) is 14.7. The standard InChI is InChI=1S/C13H17Cl2IN2/c14-12-3-2-11(10-13(12)15)18-8-6-17(7-9-18)5-1-4-16/h2-3,10H,1,4-9H2. The first-order valence-electron chi connectivity index (χ1n) is 6.19. The predicted molar refractivity (Wildman–Crippen MR) is 88.6 cm³/mol. The van der Waals surface area contributed by atoms with E-state index in [2.05, 4.69) is 38.5 Å². The summed E-state index contributed by atoms with van der Waals surface area (Å²) in [6.45, 7) is 5.63. The Bertz CT molecular complexity index is 393. The molecule has 1 fully saturated rings. The van der Waals surface area contributed by atoms with E-state index in [1.54, 1.807) is 0 Å². The number of halogens is 3. The van der Waals surface area contributed by atoms with E-state index in [0.717, 1.165) is 26.2 Å². The third-order valence-corrected chi connectivity index (χ3v) is 4.75. The minimum atomic E-state index is 0.626. The smallest absolute Gasteiger partial charge is 0.0612 e. The zero-order valence-corrected chi connectivity index (χ0v) is 13.9. The van der Waals surface area contributed by atoms with Gasteiger partial charge in [-0.3, -0.25) is 4.90 Å². The Morgan fingerprint density at radius 3 is 2.39 bits per heavy atom. The maximum Gasteiger partial charge on any atom is 0.0612 e. The van der Waals surface area contributed by atoms with Gasteiger partial charge in [-0.2, -0.15) is 0 Å². The number of piperazine rings is 1. The summed E-state index contributed by atoms with van der Waals surface area (Å²) in [5.74, 6) is 0. The lowest BCUT2D eigenvalue weighted by Gasteiger charge is -2.36. The fourth-order valence-electron chi connectivity index (χ4n) is 2.19. The van der Waals surface area contributed by atoms with Crippen LogP contribution < -0.4 is 4.90 Å². The van der Waals surface area contributed by atoms with Gasteiger partial charge in [0.05, 0.1) is 10.0 Å². The van der Waals surface area contributed by atoms with Crippen molar-refractivity contribution in [3.05, 3.63) is 28.2 Å². The van der Waals surface area contributed by atoms with Gasteiger partial charge in [-0.15, -0.1) is 0 Å². The number of anilines is 1. The molecule has 1 aliphatic heterocycles. The zero-order valence-electron chi connectivity index (χ0n) is 10.2. The third-order valence-electron chi connectivity index (χ3n) is 3.25. The van der Waals surface area contributed by atoms with Crippen LogP contribution in [0.25, 0.3) is 0 Å². The average Bonchev–Trinajstić information content (AvgIpc) is 2.40. The van der Waals surface area contributed by atoms with Gasteiger partial charge in [0.1, 0.15) is 0 Å². The molecule has 1 aromatic carbocycles. The molecule has 0 N–H and O–H groups in total. The summed E-state index contributed by atoms with van der Waals surface area (Å²) in [6, 6.07) is 5.89. The van der Waals surface area contributed by atoms with Crippen molar-refractivity contribution < 1.29 is 0 Å². The van der Waals surface area contributed by atoms with Crippen LogP contribution in [-0.2, 0) is 0 Å². The van der Waals surface area contributed by atoms with Crippen molar-refractivity contribution in [1.82, 2.24) is 4.90 Å². The summed E-state index contributed by atoms with van der Waals surface area (Å²) >= 11 is 14.4. The van der Waals surface area contributed by atoms with Crippen molar-refractivity contribution in [3.8, 4) is 0 Å². The van der Waals surface area contributed by atoms with Crippen molar-refractivity contribution in [1.29, 1.82) is 0 Å². The number of rotatable bonds is 4. The van der Waals surface area contributed by atoms with E-state index in [0.29, 0.717) is 10.0 Å². The quantitative estimate of drug-likeness (QED) is 0.559. The highest BCUT2D eigenvalue weighted by Gasteiger charge is 2.17. The Labute approximate surface area is 132 Å². The van der Waals surface area contributed by atoms with Crippen molar-refractivity contribution in [2.45, 2.75) is 6.42 Å². The number of benzene rings is 1. The summed E-state index contributed by atoms with van der Waals surface area (Å²) in [5.41, 5.74) is 1.18. The van der Waals surface area contributed by atoms with Gasteiger partial charge in [0, 0.05) is 36.3 Å². The fraction of sp³-hybridized carbons (Fsp3) is 0.538. The molecule has 5 heteroatoms. The second-order valence-corrected chi connectivity index (χ2v) is 6.36. The molecule has 0 aromatic heterocycles. The molecular formula is C13H17Cl2IN2. The van der Waals surface area contributed by atoms with Crippen molar-refractivity contribution in [2.75, 3.05) is 42.1 Å². The molecule has 0 spiro atoms. The number of hydrogen-bond donors (Lipinski definition) is 0. The van der Waals surface area contributed by atoms with E-state index in [-0.39, 0.29) is 0 Å². The lowest BCUT2D eigenvalue weighted by molar-refractivity contribution is 0.259.